The van der Waals surface area contributed by atoms with Crippen LogP contribution in [-0.2, 0) is 19.6 Å². The summed E-state index contributed by atoms with van der Waals surface area (Å²) in [6, 6.07) is 16.8. The zero-order chi connectivity index (χ0) is 22.9. The van der Waals surface area contributed by atoms with Crippen LogP contribution in [0.2, 0.25) is 0 Å². The lowest BCUT2D eigenvalue weighted by Crippen LogP contribution is -2.36. The van der Waals surface area contributed by atoms with Crippen molar-refractivity contribution in [1.82, 2.24) is 20.4 Å². The van der Waals surface area contributed by atoms with E-state index in [1.807, 2.05) is 29.2 Å². The van der Waals surface area contributed by atoms with Crippen LogP contribution in [0.3, 0.4) is 0 Å². The minimum absolute atomic E-state index is 0. The van der Waals surface area contributed by atoms with Crippen LogP contribution in [0.25, 0.3) is 0 Å². The number of halogens is 1. The lowest BCUT2D eigenvalue weighted by molar-refractivity contribution is 0.0724. The van der Waals surface area contributed by atoms with Gasteiger partial charge in [-0.3, -0.25) is 14.7 Å². The van der Waals surface area contributed by atoms with E-state index in [1.54, 1.807) is 7.05 Å². The first-order valence-electron chi connectivity index (χ1n) is 12.3. The van der Waals surface area contributed by atoms with Crippen molar-refractivity contribution in [2.24, 2.45) is 4.99 Å². The zero-order valence-electron chi connectivity index (χ0n) is 20.3. The fraction of sp³-hybridized carbons (Fsp3) is 0.481. The van der Waals surface area contributed by atoms with Gasteiger partial charge in [-0.1, -0.05) is 36.4 Å². The summed E-state index contributed by atoms with van der Waals surface area (Å²) in [5.41, 5.74) is 4.52. The molecular formula is C27H38IN5O. The number of carbonyl (C=O) groups is 1. The molecule has 184 valence electrons. The summed E-state index contributed by atoms with van der Waals surface area (Å²) < 4.78 is 0. The van der Waals surface area contributed by atoms with E-state index >= 15 is 0 Å². The Kier molecular flexibility index (Phi) is 10.7. The first-order valence-corrected chi connectivity index (χ1v) is 12.3. The van der Waals surface area contributed by atoms with Gasteiger partial charge in [-0.2, -0.15) is 0 Å². The van der Waals surface area contributed by atoms with Gasteiger partial charge in [0.1, 0.15) is 0 Å². The Hall–Kier alpha value is -2.13. The van der Waals surface area contributed by atoms with E-state index < -0.39 is 0 Å². The second kappa shape index (κ2) is 13.7. The molecular weight excluding hydrogens is 537 g/mol. The summed E-state index contributed by atoms with van der Waals surface area (Å²) >= 11 is 0. The lowest BCUT2D eigenvalue weighted by Gasteiger charge is -2.26. The van der Waals surface area contributed by atoms with Gasteiger partial charge in [-0.25, -0.2) is 0 Å². The quantitative estimate of drug-likeness (QED) is 0.292. The highest BCUT2D eigenvalue weighted by Crippen LogP contribution is 2.15. The molecule has 0 spiro atoms. The zero-order valence-corrected chi connectivity index (χ0v) is 22.6. The molecule has 2 N–H and O–H groups in total. The van der Waals surface area contributed by atoms with Crippen molar-refractivity contribution in [3.05, 3.63) is 70.8 Å². The standard InChI is InChI=1S/C27H37N5O.HI/c1-28-27(29-19-22-7-9-24(10-8-22)21-31-15-5-6-16-31)30-20-23-11-13-25(14-12-23)26(33)32-17-3-2-4-18-32;/h7-14H,2-6,15-21H2,1H3,(H2,28,29,30);1H. The lowest BCUT2D eigenvalue weighted by atomic mass is 10.1. The van der Waals surface area contributed by atoms with E-state index in [9.17, 15) is 4.79 Å². The first-order chi connectivity index (χ1) is 16.2. The van der Waals surface area contributed by atoms with Gasteiger partial charge < -0.3 is 15.5 Å². The minimum Gasteiger partial charge on any atom is -0.352 e. The van der Waals surface area contributed by atoms with E-state index in [0.29, 0.717) is 6.54 Å². The molecule has 1 amide bonds. The number of likely N-dealkylation sites (tertiary alicyclic amines) is 2. The average molecular weight is 576 g/mol. The predicted octanol–water partition coefficient (Wildman–Crippen LogP) is 4.39. The highest BCUT2D eigenvalue weighted by atomic mass is 127. The molecule has 0 unspecified atom stereocenters. The number of nitrogens with one attached hydrogen (secondary N) is 2. The highest BCUT2D eigenvalue weighted by molar-refractivity contribution is 14.0. The third kappa shape index (κ3) is 7.70. The molecule has 2 aromatic rings. The van der Waals surface area contributed by atoms with E-state index in [1.165, 1.54) is 43.5 Å². The maximum atomic E-state index is 12.6. The number of hydrogen-bond acceptors (Lipinski definition) is 3. The van der Waals surface area contributed by atoms with Gasteiger partial charge in [-0.15, -0.1) is 24.0 Å². The molecule has 7 heteroatoms. The van der Waals surface area contributed by atoms with Crippen LogP contribution in [0.5, 0.6) is 0 Å². The summed E-state index contributed by atoms with van der Waals surface area (Å²) in [6.45, 7) is 6.65. The SMILES string of the molecule is CN=C(NCc1ccc(CN2CCCC2)cc1)NCc1ccc(C(=O)N2CCCCC2)cc1.I. The number of carbonyl (C=O) groups excluding carboxylic acids is 1. The van der Waals surface area contributed by atoms with Gasteiger partial charge in [0.05, 0.1) is 0 Å². The Labute approximate surface area is 221 Å². The van der Waals surface area contributed by atoms with Gasteiger partial charge >= 0.3 is 0 Å². The average Bonchev–Trinajstić information content (AvgIpc) is 3.38. The number of piperidine rings is 1. The molecule has 2 saturated heterocycles. The molecule has 4 rings (SSSR count). The van der Waals surface area contributed by atoms with Gasteiger partial charge in [-0.05, 0) is 74.0 Å². The molecule has 2 aliphatic rings. The molecule has 0 atom stereocenters. The predicted molar refractivity (Wildman–Crippen MR) is 150 cm³/mol. The molecule has 2 aliphatic heterocycles. The highest BCUT2D eigenvalue weighted by Gasteiger charge is 2.17. The number of amides is 1. The number of rotatable bonds is 7. The normalized spacial score (nSPS) is 16.7. The van der Waals surface area contributed by atoms with Crippen LogP contribution in [0.15, 0.2) is 53.5 Å². The summed E-state index contributed by atoms with van der Waals surface area (Å²) in [5.74, 6) is 0.919. The number of nitrogens with zero attached hydrogens (tertiary/aromatic N) is 3. The topological polar surface area (TPSA) is 60.0 Å². The Morgan fingerprint density at radius 3 is 1.82 bits per heavy atom. The maximum Gasteiger partial charge on any atom is 0.253 e. The van der Waals surface area contributed by atoms with Crippen molar-refractivity contribution in [2.45, 2.75) is 51.7 Å². The molecule has 0 aromatic heterocycles. The third-order valence-electron chi connectivity index (χ3n) is 6.62. The minimum atomic E-state index is 0. The molecule has 0 saturated carbocycles. The van der Waals surface area contributed by atoms with Gasteiger partial charge in [0.25, 0.3) is 5.91 Å². The molecule has 0 aliphatic carbocycles. The van der Waals surface area contributed by atoms with Gasteiger partial charge in [0.15, 0.2) is 5.96 Å². The number of benzene rings is 2. The molecule has 6 nitrogen and oxygen atoms in total. The van der Waals surface area contributed by atoms with Crippen LogP contribution < -0.4 is 10.6 Å². The fourth-order valence-corrected chi connectivity index (χ4v) is 4.60. The summed E-state index contributed by atoms with van der Waals surface area (Å²) in [6.07, 6.45) is 6.11. The van der Waals surface area contributed by atoms with E-state index in [-0.39, 0.29) is 29.9 Å². The number of aliphatic imine (C=N–C) groups is 1. The number of hydrogen-bond donors (Lipinski definition) is 2. The second-order valence-corrected chi connectivity index (χ2v) is 9.13. The fourth-order valence-electron chi connectivity index (χ4n) is 4.60. The van der Waals surface area contributed by atoms with E-state index in [2.05, 4.69) is 44.8 Å². The van der Waals surface area contributed by atoms with E-state index in [4.69, 9.17) is 0 Å². The van der Waals surface area contributed by atoms with Crippen LogP contribution >= 0.6 is 24.0 Å². The molecule has 34 heavy (non-hydrogen) atoms. The summed E-state index contributed by atoms with van der Waals surface area (Å²) in [4.78, 5) is 21.5. The van der Waals surface area contributed by atoms with Crippen molar-refractivity contribution in [1.29, 1.82) is 0 Å². The Balaban J connectivity index is 0.00000324. The Morgan fingerprint density at radius 1 is 0.765 bits per heavy atom. The van der Waals surface area contributed by atoms with Crippen LogP contribution in [-0.4, -0.2) is 54.9 Å². The molecule has 2 aromatic carbocycles. The first kappa shape index (κ1) is 26.5. The van der Waals surface area contributed by atoms with Crippen LogP contribution in [0.4, 0.5) is 0 Å². The maximum absolute atomic E-state index is 12.6. The van der Waals surface area contributed by atoms with Gasteiger partial charge in [0, 0.05) is 45.3 Å². The van der Waals surface area contributed by atoms with Crippen LogP contribution in [0.1, 0.15) is 59.2 Å². The van der Waals surface area contributed by atoms with Crippen LogP contribution in [0, 0.1) is 0 Å². The molecule has 0 radical (unpaired) electrons. The Morgan fingerprint density at radius 2 is 1.26 bits per heavy atom. The Bertz CT molecular complexity index is 917. The summed E-state index contributed by atoms with van der Waals surface area (Å²) in [5, 5.41) is 6.75. The third-order valence-corrected chi connectivity index (χ3v) is 6.62. The van der Waals surface area contributed by atoms with Crippen molar-refractivity contribution < 1.29 is 4.79 Å². The number of guanidine groups is 1. The second-order valence-electron chi connectivity index (χ2n) is 9.13. The smallest absolute Gasteiger partial charge is 0.253 e. The van der Waals surface area contributed by atoms with Crippen molar-refractivity contribution in [3.63, 3.8) is 0 Å². The van der Waals surface area contributed by atoms with Crippen molar-refractivity contribution >= 4 is 35.8 Å². The van der Waals surface area contributed by atoms with Gasteiger partial charge in [0.2, 0.25) is 0 Å². The molecule has 0 bridgehead atoms. The van der Waals surface area contributed by atoms with Crippen molar-refractivity contribution in [3.8, 4) is 0 Å². The van der Waals surface area contributed by atoms with E-state index in [0.717, 1.165) is 56.1 Å². The molecule has 2 heterocycles. The van der Waals surface area contributed by atoms with Crippen molar-refractivity contribution in [2.75, 3.05) is 33.2 Å². The summed E-state index contributed by atoms with van der Waals surface area (Å²) in [7, 11) is 1.79. The molecule has 2 fully saturated rings. The largest absolute Gasteiger partial charge is 0.352 e. The monoisotopic (exact) mass is 575 g/mol.